The predicted molar refractivity (Wildman–Crippen MR) is 112 cm³/mol. The van der Waals surface area contributed by atoms with E-state index >= 15 is 0 Å². The molecule has 0 radical (unpaired) electrons. The molecule has 0 fully saturated rings. The summed E-state index contributed by atoms with van der Waals surface area (Å²) in [6.45, 7) is 2.11. The summed E-state index contributed by atoms with van der Waals surface area (Å²) < 4.78 is 0. The summed E-state index contributed by atoms with van der Waals surface area (Å²) in [5.41, 5.74) is 4.37. The van der Waals surface area contributed by atoms with E-state index in [1.807, 2.05) is 42.5 Å². The minimum atomic E-state index is -0.380. The number of para-hydroxylation sites is 1. The van der Waals surface area contributed by atoms with Gasteiger partial charge >= 0.3 is 0 Å². The molecule has 0 bridgehead atoms. The minimum Gasteiger partial charge on any atom is -0.360 e. The number of nitrogens with zero attached hydrogens (tertiary/aromatic N) is 1. The lowest BCUT2D eigenvalue weighted by Gasteiger charge is -2.38. The van der Waals surface area contributed by atoms with E-state index in [9.17, 15) is 4.79 Å². The van der Waals surface area contributed by atoms with Gasteiger partial charge in [0, 0.05) is 11.4 Å². The second-order valence-corrected chi connectivity index (χ2v) is 7.28. The standard InChI is InChI=1S/C22H18Cl2N2O/c1-2-14-7-10-16(11-8-14)26-21(15-9-12-18(23)19(24)13-15)25-20-6-4-3-5-17(20)22(26)27/h3-13,21,25H,2H2,1H3. The van der Waals surface area contributed by atoms with E-state index in [1.54, 1.807) is 17.0 Å². The first kappa shape index (κ1) is 17.9. The molecule has 27 heavy (non-hydrogen) atoms. The molecule has 0 aliphatic carbocycles. The third kappa shape index (κ3) is 3.29. The summed E-state index contributed by atoms with van der Waals surface area (Å²) in [7, 11) is 0. The van der Waals surface area contributed by atoms with Crippen molar-refractivity contribution in [2.24, 2.45) is 0 Å². The number of fused-ring (bicyclic) bond motifs is 1. The normalized spacial score (nSPS) is 16.0. The number of nitrogens with one attached hydrogen (secondary N) is 1. The first-order valence-electron chi connectivity index (χ1n) is 8.81. The van der Waals surface area contributed by atoms with Gasteiger partial charge in [-0.25, -0.2) is 0 Å². The molecular weight excluding hydrogens is 379 g/mol. The van der Waals surface area contributed by atoms with E-state index in [-0.39, 0.29) is 12.1 Å². The van der Waals surface area contributed by atoms with Crippen LogP contribution in [0.25, 0.3) is 0 Å². The second-order valence-electron chi connectivity index (χ2n) is 6.46. The van der Waals surface area contributed by atoms with Gasteiger partial charge in [-0.3, -0.25) is 9.69 Å². The Morgan fingerprint density at radius 3 is 2.41 bits per heavy atom. The summed E-state index contributed by atoms with van der Waals surface area (Å²) in [5.74, 6) is -0.0512. The summed E-state index contributed by atoms with van der Waals surface area (Å²) >= 11 is 12.3. The Morgan fingerprint density at radius 2 is 1.70 bits per heavy atom. The summed E-state index contributed by atoms with van der Waals surface area (Å²) in [6.07, 6.45) is 0.570. The van der Waals surface area contributed by atoms with Crippen LogP contribution in [0.15, 0.2) is 66.7 Å². The summed E-state index contributed by atoms with van der Waals surface area (Å²) in [4.78, 5) is 15.1. The number of rotatable bonds is 3. The highest BCUT2D eigenvalue weighted by molar-refractivity contribution is 6.42. The number of halogens is 2. The molecule has 1 heterocycles. The molecule has 3 aromatic carbocycles. The van der Waals surface area contributed by atoms with Crippen LogP contribution in [0.1, 0.15) is 34.6 Å². The topological polar surface area (TPSA) is 32.3 Å². The van der Waals surface area contributed by atoms with Gasteiger partial charge in [-0.15, -0.1) is 0 Å². The molecule has 0 spiro atoms. The highest BCUT2D eigenvalue weighted by Crippen LogP contribution is 2.38. The van der Waals surface area contributed by atoms with Crippen molar-refractivity contribution in [2.45, 2.75) is 19.5 Å². The first-order chi connectivity index (χ1) is 13.1. The number of hydrogen-bond acceptors (Lipinski definition) is 2. The third-order valence-corrected chi connectivity index (χ3v) is 5.55. The average Bonchev–Trinajstić information content (AvgIpc) is 2.70. The van der Waals surface area contributed by atoms with Gasteiger partial charge in [-0.2, -0.15) is 0 Å². The van der Waals surface area contributed by atoms with Crippen molar-refractivity contribution in [1.29, 1.82) is 0 Å². The van der Waals surface area contributed by atoms with Crippen LogP contribution in [0.2, 0.25) is 10.0 Å². The molecule has 3 aromatic rings. The maximum Gasteiger partial charge on any atom is 0.262 e. The van der Waals surface area contributed by atoms with Crippen LogP contribution in [-0.2, 0) is 6.42 Å². The second kappa shape index (κ2) is 7.26. The molecule has 1 aliphatic heterocycles. The van der Waals surface area contributed by atoms with E-state index in [2.05, 4.69) is 24.4 Å². The van der Waals surface area contributed by atoms with E-state index in [0.29, 0.717) is 15.6 Å². The molecule has 0 saturated heterocycles. The van der Waals surface area contributed by atoms with Crippen molar-refractivity contribution >= 4 is 40.5 Å². The van der Waals surface area contributed by atoms with E-state index in [0.717, 1.165) is 23.4 Å². The molecule has 1 aliphatic rings. The smallest absolute Gasteiger partial charge is 0.262 e. The minimum absolute atomic E-state index is 0.0512. The van der Waals surface area contributed by atoms with Gasteiger partial charge < -0.3 is 5.32 Å². The highest BCUT2D eigenvalue weighted by atomic mass is 35.5. The van der Waals surface area contributed by atoms with E-state index < -0.39 is 0 Å². The zero-order chi connectivity index (χ0) is 19.0. The quantitative estimate of drug-likeness (QED) is 0.560. The Morgan fingerprint density at radius 1 is 0.963 bits per heavy atom. The SMILES string of the molecule is CCc1ccc(N2C(=O)c3ccccc3NC2c2ccc(Cl)c(Cl)c2)cc1. The summed E-state index contributed by atoms with van der Waals surface area (Å²) in [6, 6.07) is 21.0. The Hall–Kier alpha value is -2.49. The van der Waals surface area contributed by atoms with E-state index in [4.69, 9.17) is 23.2 Å². The maximum absolute atomic E-state index is 13.3. The molecule has 4 rings (SSSR count). The zero-order valence-electron chi connectivity index (χ0n) is 14.7. The highest BCUT2D eigenvalue weighted by Gasteiger charge is 2.34. The molecule has 1 atom stereocenters. The van der Waals surface area contributed by atoms with Crippen molar-refractivity contribution in [3.8, 4) is 0 Å². The Labute approximate surface area is 168 Å². The van der Waals surface area contributed by atoms with Crippen LogP contribution < -0.4 is 10.2 Å². The molecule has 0 saturated carbocycles. The molecule has 1 amide bonds. The van der Waals surface area contributed by atoms with Crippen LogP contribution in [0.5, 0.6) is 0 Å². The molecule has 1 N–H and O–H groups in total. The third-order valence-electron chi connectivity index (χ3n) is 4.81. The van der Waals surface area contributed by atoms with Crippen molar-refractivity contribution < 1.29 is 4.79 Å². The number of benzene rings is 3. The fourth-order valence-corrected chi connectivity index (χ4v) is 3.63. The van der Waals surface area contributed by atoms with Gasteiger partial charge in [0.1, 0.15) is 6.17 Å². The molecule has 5 heteroatoms. The molecule has 136 valence electrons. The number of carbonyl (C=O) groups is 1. The maximum atomic E-state index is 13.3. The summed E-state index contributed by atoms with van der Waals surface area (Å²) in [5, 5.41) is 4.42. The van der Waals surface area contributed by atoms with Gasteiger partial charge in [0.25, 0.3) is 5.91 Å². The fraction of sp³-hybridized carbons (Fsp3) is 0.136. The average molecular weight is 397 g/mol. The van der Waals surface area contributed by atoms with Crippen LogP contribution in [0.4, 0.5) is 11.4 Å². The Balaban J connectivity index is 1.84. The van der Waals surface area contributed by atoms with Crippen LogP contribution >= 0.6 is 23.2 Å². The largest absolute Gasteiger partial charge is 0.360 e. The van der Waals surface area contributed by atoms with Crippen molar-refractivity contribution in [3.63, 3.8) is 0 Å². The lowest BCUT2D eigenvalue weighted by atomic mass is 10.0. The Kier molecular flexibility index (Phi) is 4.81. The molecule has 3 nitrogen and oxygen atoms in total. The van der Waals surface area contributed by atoms with Gasteiger partial charge in [-0.1, -0.05) is 60.5 Å². The van der Waals surface area contributed by atoms with Gasteiger partial charge in [-0.05, 0) is 53.9 Å². The fourth-order valence-electron chi connectivity index (χ4n) is 3.33. The lowest BCUT2D eigenvalue weighted by molar-refractivity contribution is 0.0975. The number of amides is 1. The molecular formula is C22H18Cl2N2O. The van der Waals surface area contributed by atoms with Gasteiger partial charge in [0.05, 0.1) is 15.6 Å². The van der Waals surface area contributed by atoms with E-state index in [1.165, 1.54) is 5.56 Å². The van der Waals surface area contributed by atoms with Crippen LogP contribution in [0, 0.1) is 0 Å². The zero-order valence-corrected chi connectivity index (χ0v) is 16.3. The lowest BCUT2D eigenvalue weighted by Crippen LogP contribution is -2.43. The first-order valence-corrected chi connectivity index (χ1v) is 9.57. The van der Waals surface area contributed by atoms with Crippen molar-refractivity contribution in [3.05, 3.63) is 93.5 Å². The number of carbonyl (C=O) groups excluding carboxylic acids is 1. The molecule has 0 aromatic heterocycles. The molecule has 1 unspecified atom stereocenters. The monoisotopic (exact) mass is 396 g/mol. The van der Waals surface area contributed by atoms with Gasteiger partial charge in [0.15, 0.2) is 0 Å². The number of anilines is 2. The Bertz CT molecular complexity index is 1000. The van der Waals surface area contributed by atoms with Crippen molar-refractivity contribution in [2.75, 3.05) is 10.2 Å². The number of hydrogen-bond donors (Lipinski definition) is 1. The number of aryl methyl sites for hydroxylation is 1. The van der Waals surface area contributed by atoms with Crippen molar-refractivity contribution in [1.82, 2.24) is 0 Å². The van der Waals surface area contributed by atoms with Crippen LogP contribution in [-0.4, -0.2) is 5.91 Å². The van der Waals surface area contributed by atoms with Gasteiger partial charge in [0.2, 0.25) is 0 Å². The van der Waals surface area contributed by atoms with Crippen LogP contribution in [0.3, 0.4) is 0 Å². The predicted octanol–water partition coefficient (Wildman–Crippen LogP) is 6.33.